The Balaban J connectivity index is 2.86. The molecule has 3 heteroatoms. The van der Waals surface area contributed by atoms with E-state index in [-0.39, 0.29) is 11.9 Å². The third-order valence-electron chi connectivity index (χ3n) is 3.65. The summed E-state index contributed by atoms with van der Waals surface area (Å²) in [6, 6.07) is 5.88. The molecule has 0 amide bonds. The maximum Gasteiger partial charge on any atom is 0.313 e. The normalized spacial score (nSPS) is 12.2. The highest BCUT2D eigenvalue weighted by atomic mass is 16.5. The molecule has 0 bridgehead atoms. The van der Waals surface area contributed by atoms with Crippen LogP contribution < -0.4 is 5.73 Å². The van der Waals surface area contributed by atoms with E-state index in [0.717, 1.165) is 36.1 Å². The molecular weight excluding hydrogens is 250 g/mol. The summed E-state index contributed by atoms with van der Waals surface area (Å²) in [4.78, 5) is 12.2. The molecule has 3 nitrogen and oxygen atoms in total. The largest absolute Gasteiger partial charge is 0.466 e. The number of ether oxygens (including phenoxy) is 1. The first kappa shape index (κ1) is 16.5. The number of rotatable bonds is 8. The Bertz CT molecular complexity index is 429. The molecule has 2 N–H and O–H groups in total. The summed E-state index contributed by atoms with van der Waals surface area (Å²) in [7, 11) is 0. The van der Waals surface area contributed by atoms with E-state index in [9.17, 15) is 4.79 Å². The predicted octanol–water partition coefficient (Wildman–Crippen LogP) is 4.19. The van der Waals surface area contributed by atoms with E-state index in [0.29, 0.717) is 6.61 Å². The molecule has 1 unspecified atom stereocenters. The lowest BCUT2D eigenvalue weighted by atomic mass is 9.90. The van der Waals surface area contributed by atoms with Gasteiger partial charge in [0.2, 0.25) is 0 Å². The number of esters is 1. The van der Waals surface area contributed by atoms with Crippen LogP contribution in [0, 0.1) is 6.92 Å². The van der Waals surface area contributed by atoms with E-state index in [4.69, 9.17) is 10.5 Å². The van der Waals surface area contributed by atoms with Gasteiger partial charge in [-0.25, -0.2) is 0 Å². The van der Waals surface area contributed by atoms with E-state index in [1.807, 2.05) is 32.0 Å². The number of unbranched alkanes of at least 4 members (excludes halogenated alkanes) is 3. The van der Waals surface area contributed by atoms with Crippen molar-refractivity contribution in [2.45, 2.75) is 58.8 Å². The molecule has 1 rings (SSSR count). The number of nitrogens with two attached hydrogens (primary N) is 1. The highest BCUT2D eigenvalue weighted by Gasteiger charge is 2.23. The lowest BCUT2D eigenvalue weighted by Crippen LogP contribution is -2.18. The number of hydrogen-bond donors (Lipinski definition) is 1. The molecule has 1 aromatic rings. The van der Waals surface area contributed by atoms with Gasteiger partial charge in [0.05, 0.1) is 12.5 Å². The van der Waals surface area contributed by atoms with Gasteiger partial charge in [0.15, 0.2) is 0 Å². The first-order valence-corrected chi connectivity index (χ1v) is 7.63. The third kappa shape index (κ3) is 4.55. The van der Waals surface area contributed by atoms with Gasteiger partial charge in [-0.3, -0.25) is 4.79 Å². The zero-order chi connectivity index (χ0) is 15.0. The smallest absolute Gasteiger partial charge is 0.313 e. The summed E-state index contributed by atoms with van der Waals surface area (Å²) in [5.41, 5.74) is 8.80. The molecule has 1 aromatic carbocycles. The van der Waals surface area contributed by atoms with Crippen LogP contribution >= 0.6 is 0 Å². The number of para-hydroxylation sites is 1. The molecule has 0 fully saturated rings. The Kier molecular flexibility index (Phi) is 7.13. The van der Waals surface area contributed by atoms with Crippen molar-refractivity contribution >= 4 is 11.7 Å². The molecule has 0 aliphatic carbocycles. The van der Waals surface area contributed by atoms with Crippen LogP contribution in [0.5, 0.6) is 0 Å². The van der Waals surface area contributed by atoms with Crippen LogP contribution in [0.3, 0.4) is 0 Å². The molecule has 0 spiro atoms. The summed E-state index contributed by atoms with van der Waals surface area (Å²) in [6.07, 6.45) is 5.39. The van der Waals surface area contributed by atoms with E-state index in [2.05, 4.69) is 6.92 Å². The van der Waals surface area contributed by atoms with Gasteiger partial charge in [-0.2, -0.15) is 0 Å². The molecule has 0 radical (unpaired) electrons. The standard InChI is InChI=1S/C17H27NO2/c1-4-6-7-8-11-15(17(19)20-5-2)14-12-9-10-13(3)16(14)18/h9-10,12,15H,4-8,11,18H2,1-3H3. The van der Waals surface area contributed by atoms with Crippen molar-refractivity contribution in [3.8, 4) is 0 Å². The zero-order valence-electron chi connectivity index (χ0n) is 12.9. The SMILES string of the molecule is CCCCCCC(C(=O)OCC)c1cccc(C)c1N. The number of benzene rings is 1. The van der Waals surface area contributed by atoms with E-state index in [1.54, 1.807) is 0 Å². The minimum atomic E-state index is -0.230. The Morgan fingerprint density at radius 1 is 1.25 bits per heavy atom. The van der Waals surface area contributed by atoms with Gasteiger partial charge in [0.25, 0.3) is 0 Å². The second kappa shape index (κ2) is 8.62. The average molecular weight is 277 g/mol. The minimum absolute atomic E-state index is 0.152. The Morgan fingerprint density at radius 2 is 2.00 bits per heavy atom. The lowest BCUT2D eigenvalue weighted by molar-refractivity contribution is -0.145. The van der Waals surface area contributed by atoms with Gasteiger partial charge in [-0.05, 0) is 31.4 Å². The number of aryl methyl sites for hydroxylation is 1. The summed E-state index contributed by atoms with van der Waals surface area (Å²) in [5, 5.41) is 0. The van der Waals surface area contributed by atoms with Gasteiger partial charge < -0.3 is 10.5 Å². The molecule has 0 heterocycles. The van der Waals surface area contributed by atoms with E-state index >= 15 is 0 Å². The number of carbonyl (C=O) groups excluding carboxylic acids is 1. The van der Waals surface area contributed by atoms with E-state index in [1.165, 1.54) is 12.8 Å². The number of hydrogen-bond acceptors (Lipinski definition) is 3. The van der Waals surface area contributed by atoms with Crippen molar-refractivity contribution in [1.29, 1.82) is 0 Å². The summed E-state index contributed by atoms with van der Waals surface area (Å²) in [6.45, 7) is 6.40. The molecule has 0 saturated carbocycles. The summed E-state index contributed by atoms with van der Waals surface area (Å²) < 4.78 is 5.22. The first-order valence-electron chi connectivity index (χ1n) is 7.63. The second-order valence-corrected chi connectivity index (χ2v) is 5.23. The molecule has 20 heavy (non-hydrogen) atoms. The van der Waals surface area contributed by atoms with Crippen LogP contribution in [0.15, 0.2) is 18.2 Å². The Labute approximate surface area is 122 Å². The van der Waals surface area contributed by atoms with Gasteiger partial charge in [0.1, 0.15) is 0 Å². The summed E-state index contributed by atoms with van der Waals surface area (Å²) >= 11 is 0. The topological polar surface area (TPSA) is 52.3 Å². The number of nitrogen functional groups attached to an aromatic ring is 1. The van der Waals surface area contributed by atoms with Crippen LogP contribution in [0.4, 0.5) is 5.69 Å². The molecule has 1 atom stereocenters. The van der Waals surface area contributed by atoms with Gasteiger partial charge >= 0.3 is 5.97 Å². The first-order chi connectivity index (χ1) is 9.61. The quantitative estimate of drug-likeness (QED) is 0.440. The average Bonchev–Trinajstić information content (AvgIpc) is 2.43. The molecule has 0 aliphatic heterocycles. The van der Waals surface area contributed by atoms with Crippen LogP contribution in [0.2, 0.25) is 0 Å². The van der Waals surface area contributed by atoms with Crippen molar-refractivity contribution in [3.63, 3.8) is 0 Å². The van der Waals surface area contributed by atoms with Crippen molar-refractivity contribution in [1.82, 2.24) is 0 Å². The second-order valence-electron chi connectivity index (χ2n) is 5.23. The van der Waals surface area contributed by atoms with Crippen LogP contribution in [0.1, 0.15) is 63.0 Å². The Morgan fingerprint density at radius 3 is 2.65 bits per heavy atom. The number of anilines is 1. The summed E-state index contributed by atoms with van der Waals surface area (Å²) in [5.74, 6) is -0.381. The van der Waals surface area contributed by atoms with Gasteiger partial charge in [-0.1, -0.05) is 50.8 Å². The van der Waals surface area contributed by atoms with Crippen molar-refractivity contribution < 1.29 is 9.53 Å². The maximum atomic E-state index is 12.2. The van der Waals surface area contributed by atoms with Crippen LogP contribution in [-0.4, -0.2) is 12.6 Å². The Hall–Kier alpha value is -1.51. The maximum absolute atomic E-state index is 12.2. The van der Waals surface area contributed by atoms with Crippen molar-refractivity contribution in [2.75, 3.05) is 12.3 Å². The van der Waals surface area contributed by atoms with Crippen LogP contribution in [-0.2, 0) is 9.53 Å². The third-order valence-corrected chi connectivity index (χ3v) is 3.65. The monoisotopic (exact) mass is 277 g/mol. The van der Waals surface area contributed by atoms with Gasteiger partial charge in [0, 0.05) is 5.69 Å². The molecule has 0 saturated heterocycles. The van der Waals surface area contributed by atoms with Gasteiger partial charge in [-0.15, -0.1) is 0 Å². The minimum Gasteiger partial charge on any atom is -0.466 e. The van der Waals surface area contributed by atoms with E-state index < -0.39 is 0 Å². The fraction of sp³-hybridized carbons (Fsp3) is 0.588. The molecule has 0 aliphatic rings. The highest BCUT2D eigenvalue weighted by molar-refractivity contribution is 5.80. The fourth-order valence-corrected chi connectivity index (χ4v) is 2.43. The van der Waals surface area contributed by atoms with Crippen molar-refractivity contribution in [2.24, 2.45) is 0 Å². The lowest BCUT2D eigenvalue weighted by Gasteiger charge is -2.18. The molecule has 112 valence electrons. The van der Waals surface area contributed by atoms with Crippen LogP contribution in [0.25, 0.3) is 0 Å². The molecular formula is C17H27NO2. The molecule has 0 aromatic heterocycles. The zero-order valence-corrected chi connectivity index (χ0v) is 12.9. The number of carbonyl (C=O) groups is 1. The highest BCUT2D eigenvalue weighted by Crippen LogP contribution is 2.30. The fourth-order valence-electron chi connectivity index (χ4n) is 2.43. The predicted molar refractivity (Wildman–Crippen MR) is 83.7 cm³/mol. The van der Waals surface area contributed by atoms with Crippen molar-refractivity contribution in [3.05, 3.63) is 29.3 Å².